The number of aryl methyl sites for hydroxylation is 1. The number of nitrogens with zero attached hydrogens (tertiary/aromatic N) is 4. The number of rotatable bonds is 2. The van der Waals surface area contributed by atoms with Gasteiger partial charge in [-0.2, -0.15) is 5.26 Å². The van der Waals surface area contributed by atoms with Gasteiger partial charge in [0.1, 0.15) is 11.9 Å². The van der Waals surface area contributed by atoms with Crippen molar-refractivity contribution in [3.05, 3.63) is 46.9 Å². The summed E-state index contributed by atoms with van der Waals surface area (Å²) in [4.78, 5) is 9.99. The molecule has 1 heterocycles. The van der Waals surface area contributed by atoms with Crippen LogP contribution in [-0.2, 0) is 0 Å². The quantitative estimate of drug-likeness (QED) is 0.777. The minimum absolute atomic E-state index is 0.200. The number of para-hydroxylation sites is 1. The molecule has 0 aliphatic heterocycles. The van der Waals surface area contributed by atoms with Gasteiger partial charge in [0.05, 0.1) is 11.3 Å². The molecule has 0 radical (unpaired) electrons. The van der Waals surface area contributed by atoms with E-state index < -0.39 is 0 Å². The van der Waals surface area contributed by atoms with Crippen LogP contribution in [0.2, 0.25) is 5.28 Å². The number of benzene rings is 1. The molecule has 18 heavy (non-hydrogen) atoms. The van der Waals surface area contributed by atoms with E-state index in [2.05, 4.69) is 16.0 Å². The second-order valence-electron chi connectivity index (χ2n) is 3.82. The predicted octanol–water partition coefficient (Wildman–Crippen LogP) is 3.08. The summed E-state index contributed by atoms with van der Waals surface area (Å²) in [5.74, 6) is 0.662. The van der Waals surface area contributed by atoms with Crippen molar-refractivity contribution in [2.75, 3.05) is 11.9 Å². The average Bonchev–Trinajstić information content (AvgIpc) is 2.36. The van der Waals surface area contributed by atoms with E-state index in [9.17, 15) is 0 Å². The lowest BCUT2D eigenvalue weighted by Crippen LogP contribution is -2.13. The molecule has 0 fully saturated rings. The van der Waals surface area contributed by atoms with Gasteiger partial charge in [-0.05, 0) is 30.7 Å². The molecule has 0 aliphatic carbocycles. The molecule has 0 spiro atoms. The van der Waals surface area contributed by atoms with Gasteiger partial charge in [-0.1, -0.05) is 12.1 Å². The molecule has 0 atom stereocenters. The van der Waals surface area contributed by atoms with E-state index in [4.69, 9.17) is 16.9 Å². The summed E-state index contributed by atoms with van der Waals surface area (Å²) in [6.07, 6.45) is 0. The standard InChI is InChI=1S/C13H11ClN4/c1-9-7-12(17-13(14)16-9)18(2)11-6-4-3-5-10(11)8-15/h3-7H,1-2H3. The predicted molar refractivity (Wildman–Crippen MR) is 71.0 cm³/mol. The lowest BCUT2D eigenvalue weighted by atomic mass is 10.2. The summed E-state index contributed by atoms with van der Waals surface area (Å²) in [6, 6.07) is 11.3. The highest BCUT2D eigenvalue weighted by Crippen LogP contribution is 2.25. The maximum absolute atomic E-state index is 9.09. The number of halogens is 1. The van der Waals surface area contributed by atoms with E-state index in [1.165, 1.54) is 0 Å². The highest BCUT2D eigenvalue weighted by atomic mass is 35.5. The zero-order chi connectivity index (χ0) is 13.1. The van der Waals surface area contributed by atoms with Gasteiger partial charge >= 0.3 is 0 Å². The molecular weight excluding hydrogens is 248 g/mol. The third kappa shape index (κ3) is 2.41. The first kappa shape index (κ1) is 12.3. The molecule has 0 saturated carbocycles. The Morgan fingerprint density at radius 1 is 1.28 bits per heavy atom. The van der Waals surface area contributed by atoms with Crippen LogP contribution in [0.5, 0.6) is 0 Å². The smallest absolute Gasteiger partial charge is 0.224 e. The molecule has 1 aromatic heterocycles. The van der Waals surface area contributed by atoms with Crippen molar-refractivity contribution in [1.29, 1.82) is 5.26 Å². The fraction of sp³-hybridized carbons (Fsp3) is 0.154. The van der Waals surface area contributed by atoms with Crippen molar-refractivity contribution in [1.82, 2.24) is 9.97 Å². The average molecular weight is 259 g/mol. The van der Waals surface area contributed by atoms with Crippen LogP contribution in [-0.4, -0.2) is 17.0 Å². The number of nitriles is 1. The zero-order valence-corrected chi connectivity index (χ0v) is 10.8. The second kappa shape index (κ2) is 5.03. The Bertz CT molecular complexity index is 598. The van der Waals surface area contributed by atoms with E-state index >= 15 is 0 Å². The molecule has 2 rings (SSSR count). The molecule has 0 aliphatic rings. The second-order valence-corrected chi connectivity index (χ2v) is 4.16. The Labute approximate surface area is 110 Å². The van der Waals surface area contributed by atoms with E-state index in [1.54, 1.807) is 6.07 Å². The van der Waals surface area contributed by atoms with Crippen LogP contribution in [0, 0.1) is 18.3 Å². The Hall–Kier alpha value is -2.12. The van der Waals surface area contributed by atoms with E-state index in [0.29, 0.717) is 11.4 Å². The normalized spacial score (nSPS) is 9.89. The van der Waals surface area contributed by atoms with Crippen molar-refractivity contribution in [3.8, 4) is 6.07 Å². The minimum Gasteiger partial charge on any atom is -0.328 e. The van der Waals surface area contributed by atoms with Crippen LogP contribution in [0.15, 0.2) is 30.3 Å². The van der Waals surface area contributed by atoms with Crippen LogP contribution < -0.4 is 4.90 Å². The van der Waals surface area contributed by atoms with Crippen LogP contribution in [0.4, 0.5) is 11.5 Å². The summed E-state index contributed by atoms with van der Waals surface area (Å²) in [7, 11) is 1.84. The zero-order valence-electron chi connectivity index (χ0n) is 10.1. The van der Waals surface area contributed by atoms with E-state index in [1.807, 2.05) is 43.1 Å². The van der Waals surface area contributed by atoms with Crippen LogP contribution >= 0.6 is 11.6 Å². The van der Waals surface area contributed by atoms with Crippen molar-refractivity contribution < 1.29 is 0 Å². The highest BCUT2D eigenvalue weighted by molar-refractivity contribution is 6.28. The number of hydrogen-bond donors (Lipinski definition) is 0. The topological polar surface area (TPSA) is 52.8 Å². The van der Waals surface area contributed by atoms with Gasteiger partial charge in [-0.3, -0.25) is 0 Å². The minimum atomic E-state index is 0.200. The van der Waals surface area contributed by atoms with Crippen molar-refractivity contribution in [3.63, 3.8) is 0 Å². The monoisotopic (exact) mass is 258 g/mol. The number of hydrogen-bond acceptors (Lipinski definition) is 4. The molecule has 2 aromatic rings. The summed E-state index contributed by atoms with van der Waals surface area (Å²) >= 11 is 5.84. The third-order valence-corrected chi connectivity index (χ3v) is 2.71. The first-order chi connectivity index (χ1) is 8.61. The van der Waals surface area contributed by atoms with Crippen molar-refractivity contribution in [2.24, 2.45) is 0 Å². The van der Waals surface area contributed by atoms with Crippen LogP contribution in [0.25, 0.3) is 0 Å². The Morgan fingerprint density at radius 3 is 2.67 bits per heavy atom. The number of anilines is 2. The maximum Gasteiger partial charge on any atom is 0.224 e. The molecule has 1 aromatic carbocycles. The highest BCUT2D eigenvalue weighted by Gasteiger charge is 2.11. The van der Waals surface area contributed by atoms with Gasteiger partial charge in [-0.15, -0.1) is 0 Å². The van der Waals surface area contributed by atoms with Crippen molar-refractivity contribution >= 4 is 23.1 Å². The lowest BCUT2D eigenvalue weighted by molar-refractivity contribution is 1.05. The SMILES string of the molecule is Cc1cc(N(C)c2ccccc2C#N)nc(Cl)n1. The summed E-state index contributed by atoms with van der Waals surface area (Å²) < 4.78 is 0. The van der Waals surface area contributed by atoms with Gasteiger partial charge in [0, 0.05) is 18.8 Å². The van der Waals surface area contributed by atoms with Crippen LogP contribution in [0.3, 0.4) is 0 Å². The molecule has 90 valence electrons. The third-order valence-electron chi connectivity index (χ3n) is 2.54. The first-order valence-electron chi connectivity index (χ1n) is 5.36. The molecule has 0 N–H and O–H groups in total. The Morgan fingerprint density at radius 2 is 2.00 bits per heavy atom. The van der Waals surface area contributed by atoms with E-state index in [-0.39, 0.29) is 5.28 Å². The Balaban J connectivity index is 2.48. The summed E-state index contributed by atoms with van der Waals surface area (Å²) in [5.41, 5.74) is 2.16. The van der Waals surface area contributed by atoms with Crippen molar-refractivity contribution in [2.45, 2.75) is 6.92 Å². The fourth-order valence-corrected chi connectivity index (χ4v) is 1.89. The molecule has 5 heteroatoms. The summed E-state index contributed by atoms with van der Waals surface area (Å²) in [6.45, 7) is 1.85. The Kier molecular flexibility index (Phi) is 3.45. The number of aromatic nitrogens is 2. The maximum atomic E-state index is 9.09. The van der Waals surface area contributed by atoms with E-state index in [0.717, 1.165) is 11.4 Å². The van der Waals surface area contributed by atoms with Gasteiger partial charge in [0.2, 0.25) is 5.28 Å². The summed E-state index contributed by atoms with van der Waals surface area (Å²) in [5, 5.41) is 9.29. The largest absolute Gasteiger partial charge is 0.328 e. The first-order valence-corrected chi connectivity index (χ1v) is 5.73. The molecular formula is C13H11ClN4. The molecule has 4 nitrogen and oxygen atoms in total. The fourth-order valence-electron chi connectivity index (χ4n) is 1.67. The van der Waals surface area contributed by atoms with Crippen LogP contribution in [0.1, 0.15) is 11.3 Å². The van der Waals surface area contributed by atoms with Gasteiger partial charge < -0.3 is 4.90 Å². The molecule has 0 amide bonds. The molecule has 0 saturated heterocycles. The van der Waals surface area contributed by atoms with Gasteiger partial charge in [-0.25, -0.2) is 9.97 Å². The van der Waals surface area contributed by atoms with Gasteiger partial charge in [0.25, 0.3) is 0 Å². The molecule has 0 bridgehead atoms. The van der Waals surface area contributed by atoms with Gasteiger partial charge in [0.15, 0.2) is 0 Å². The molecule has 0 unspecified atom stereocenters. The lowest BCUT2D eigenvalue weighted by Gasteiger charge is -2.19.